The molecule has 0 aliphatic carbocycles. The zero-order chi connectivity index (χ0) is 10.3. The number of carbonyl (C=O) groups excluding carboxylic acids is 1. The van der Waals surface area contributed by atoms with Gasteiger partial charge in [-0.3, -0.25) is 5.32 Å². The minimum Gasteiger partial charge on any atom is -0.370 e. The molecular weight excluding hydrogens is 166 g/mol. The smallest absolute Gasteiger partial charge is 0.346 e. The number of urea groups is 1. The largest absolute Gasteiger partial charge is 0.370 e. The Morgan fingerprint density at radius 1 is 1.69 bits per heavy atom. The summed E-state index contributed by atoms with van der Waals surface area (Å²) < 4.78 is 0. The standard InChI is InChI=1S/C9H17N3O/c1-5-7(3)11-8(4)12-9(13)10-6-2/h6-7,11H,4-5H2,1-3H3,(H,12,13)/b10-6-. The van der Waals surface area contributed by atoms with Crippen molar-refractivity contribution in [1.29, 1.82) is 0 Å². The second kappa shape index (κ2) is 6.22. The SMILES string of the molecule is C=C(NC(=O)/N=C\C)NC(C)CC. The van der Waals surface area contributed by atoms with E-state index in [0.29, 0.717) is 11.9 Å². The first kappa shape index (κ1) is 11.7. The first-order valence-electron chi connectivity index (χ1n) is 4.35. The molecule has 0 spiro atoms. The Morgan fingerprint density at radius 3 is 2.77 bits per heavy atom. The minimum atomic E-state index is -0.400. The summed E-state index contributed by atoms with van der Waals surface area (Å²) in [6, 6.07) is -0.0956. The van der Waals surface area contributed by atoms with Crippen LogP contribution in [0.1, 0.15) is 27.2 Å². The van der Waals surface area contributed by atoms with Crippen molar-refractivity contribution in [3.05, 3.63) is 12.4 Å². The molecule has 4 nitrogen and oxygen atoms in total. The molecule has 0 saturated carbocycles. The van der Waals surface area contributed by atoms with Gasteiger partial charge in [0.15, 0.2) is 0 Å². The van der Waals surface area contributed by atoms with Crippen molar-refractivity contribution in [2.24, 2.45) is 4.99 Å². The van der Waals surface area contributed by atoms with Gasteiger partial charge in [-0.15, -0.1) is 0 Å². The van der Waals surface area contributed by atoms with Crippen LogP contribution in [0.4, 0.5) is 4.79 Å². The fraction of sp³-hybridized carbons (Fsp3) is 0.556. The molecule has 0 saturated heterocycles. The van der Waals surface area contributed by atoms with Crippen LogP contribution >= 0.6 is 0 Å². The number of carbonyl (C=O) groups is 1. The molecule has 0 aromatic rings. The van der Waals surface area contributed by atoms with Crippen molar-refractivity contribution in [2.45, 2.75) is 33.2 Å². The predicted molar refractivity (Wildman–Crippen MR) is 54.7 cm³/mol. The summed E-state index contributed by atoms with van der Waals surface area (Å²) >= 11 is 0. The van der Waals surface area contributed by atoms with Gasteiger partial charge in [-0.1, -0.05) is 13.5 Å². The molecule has 2 N–H and O–H groups in total. The van der Waals surface area contributed by atoms with Crippen molar-refractivity contribution >= 4 is 12.2 Å². The first-order valence-corrected chi connectivity index (χ1v) is 4.35. The molecule has 0 fully saturated rings. The number of aliphatic imine (C=N–C) groups is 1. The van der Waals surface area contributed by atoms with E-state index in [1.807, 2.05) is 6.92 Å². The Bertz CT molecular complexity index is 211. The number of amides is 2. The molecular formula is C9H17N3O. The van der Waals surface area contributed by atoms with E-state index in [2.05, 4.69) is 29.1 Å². The van der Waals surface area contributed by atoms with E-state index in [9.17, 15) is 4.79 Å². The molecule has 13 heavy (non-hydrogen) atoms. The maximum atomic E-state index is 10.9. The molecule has 1 unspecified atom stereocenters. The number of hydrogen-bond donors (Lipinski definition) is 2. The highest BCUT2D eigenvalue weighted by molar-refractivity contribution is 5.83. The number of nitrogens with one attached hydrogen (secondary N) is 2. The molecule has 0 radical (unpaired) electrons. The van der Waals surface area contributed by atoms with Gasteiger partial charge in [0.25, 0.3) is 0 Å². The Balaban J connectivity index is 3.81. The Kier molecular flexibility index (Phi) is 5.59. The topological polar surface area (TPSA) is 53.5 Å². The third-order valence-electron chi connectivity index (χ3n) is 1.54. The van der Waals surface area contributed by atoms with Crippen LogP contribution < -0.4 is 10.6 Å². The van der Waals surface area contributed by atoms with Crippen molar-refractivity contribution in [3.8, 4) is 0 Å². The zero-order valence-electron chi connectivity index (χ0n) is 8.42. The highest BCUT2D eigenvalue weighted by atomic mass is 16.2. The fourth-order valence-corrected chi connectivity index (χ4v) is 0.714. The monoisotopic (exact) mass is 183 g/mol. The third kappa shape index (κ3) is 5.90. The van der Waals surface area contributed by atoms with E-state index in [0.717, 1.165) is 6.42 Å². The average Bonchev–Trinajstić information content (AvgIpc) is 2.04. The van der Waals surface area contributed by atoms with Crippen LogP contribution in [-0.2, 0) is 0 Å². The normalized spacial score (nSPS) is 12.5. The summed E-state index contributed by atoms with van der Waals surface area (Å²) in [5.74, 6) is 0.491. The van der Waals surface area contributed by atoms with Crippen molar-refractivity contribution in [2.75, 3.05) is 0 Å². The van der Waals surface area contributed by atoms with E-state index in [-0.39, 0.29) is 0 Å². The van der Waals surface area contributed by atoms with Gasteiger partial charge in [-0.2, -0.15) is 0 Å². The fourth-order valence-electron chi connectivity index (χ4n) is 0.714. The van der Waals surface area contributed by atoms with Crippen molar-refractivity contribution < 1.29 is 4.79 Å². The summed E-state index contributed by atoms with van der Waals surface area (Å²) in [7, 11) is 0. The second-order valence-corrected chi connectivity index (χ2v) is 2.75. The second-order valence-electron chi connectivity index (χ2n) is 2.75. The van der Waals surface area contributed by atoms with Crippen LogP contribution in [0.25, 0.3) is 0 Å². The van der Waals surface area contributed by atoms with Gasteiger partial charge in [0, 0.05) is 12.3 Å². The van der Waals surface area contributed by atoms with Crippen LogP contribution in [-0.4, -0.2) is 18.3 Å². The third-order valence-corrected chi connectivity index (χ3v) is 1.54. The summed E-state index contributed by atoms with van der Waals surface area (Å²) in [5.41, 5.74) is 0. The van der Waals surface area contributed by atoms with Crippen molar-refractivity contribution in [1.82, 2.24) is 10.6 Å². The summed E-state index contributed by atoms with van der Waals surface area (Å²) in [6.45, 7) is 9.40. The van der Waals surface area contributed by atoms with E-state index in [4.69, 9.17) is 0 Å². The first-order chi connectivity index (χ1) is 6.10. The molecule has 1 atom stereocenters. The molecule has 2 amide bonds. The summed E-state index contributed by atoms with van der Waals surface area (Å²) in [5, 5.41) is 5.52. The van der Waals surface area contributed by atoms with Gasteiger partial charge in [-0.25, -0.2) is 9.79 Å². The Hall–Kier alpha value is -1.32. The average molecular weight is 183 g/mol. The Morgan fingerprint density at radius 2 is 2.31 bits per heavy atom. The number of hydrogen-bond acceptors (Lipinski definition) is 2. The quantitative estimate of drug-likeness (QED) is 0.651. The lowest BCUT2D eigenvalue weighted by Crippen LogP contribution is -2.34. The van der Waals surface area contributed by atoms with Gasteiger partial charge in [0.2, 0.25) is 0 Å². The maximum absolute atomic E-state index is 10.9. The highest BCUT2D eigenvalue weighted by Crippen LogP contribution is 1.90. The molecule has 0 rings (SSSR count). The molecule has 0 aromatic carbocycles. The lowest BCUT2D eigenvalue weighted by Gasteiger charge is -2.14. The van der Waals surface area contributed by atoms with Gasteiger partial charge < -0.3 is 5.32 Å². The predicted octanol–water partition coefficient (Wildman–Crippen LogP) is 1.65. The summed E-state index contributed by atoms with van der Waals surface area (Å²) in [6.07, 6.45) is 2.41. The van der Waals surface area contributed by atoms with Crippen molar-refractivity contribution in [3.63, 3.8) is 0 Å². The highest BCUT2D eigenvalue weighted by Gasteiger charge is 2.01. The molecule has 0 bridgehead atoms. The van der Waals surface area contributed by atoms with E-state index < -0.39 is 6.03 Å². The maximum Gasteiger partial charge on any atom is 0.346 e. The van der Waals surface area contributed by atoms with E-state index in [1.54, 1.807) is 6.92 Å². The van der Waals surface area contributed by atoms with Crippen LogP contribution in [0.2, 0.25) is 0 Å². The van der Waals surface area contributed by atoms with Gasteiger partial charge in [0.1, 0.15) is 0 Å². The number of nitrogens with zero attached hydrogens (tertiary/aromatic N) is 1. The summed E-state index contributed by atoms with van der Waals surface area (Å²) in [4.78, 5) is 14.4. The molecule has 74 valence electrons. The van der Waals surface area contributed by atoms with Crippen LogP contribution in [0.3, 0.4) is 0 Å². The van der Waals surface area contributed by atoms with Gasteiger partial charge in [0.05, 0.1) is 5.82 Å². The molecule has 0 aromatic heterocycles. The van der Waals surface area contributed by atoms with Crippen LogP contribution in [0.15, 0.2) is 17.4 Å². The Labute approximate surface area is 79.1 Å². The van der Waals surface area contributed by atoms with Gasteiger partial charge in [-0.05, 0) is 20.3 Å². The molecule has 4 heteroatoms. The lowest BCUT2D eigenvalue weighted by atomic mass is 10.3. The molecule has 0 aliphatic rings. The zero-order valence-corrected chi connectivity index (χ0v) is 8.42. The minimum absolute atomic E-state index is 0.304. The lowest BCUT2D eigenvalue weighted by molar-refractivity contribution is 0.251. The molecule has 0 aliphatic heterocycles. The van der Waals surface area contributed by atoms with E-state index >= 15 is 0 Å². The molecule has 0 heterocycles. The van der Waals surface area contributed by atoms with Crippen LogP contribution in [0.5, 0.6) is 0 Å². The van der Waals surface area contributed by atoms with Gasteiger partial charge >= 0.3 is 6.03 Å². The van der Waals surface area contributed by atoms with Crippen LogP contribution in [0, 0.1) is 0 Å². The van der Waals surface area contributed by atoms with E-state index in [1.165, 1.54) is 6.21 Å². The number of rotatable bonds is 4.